The summed E-state index contributed by atoms with van der Waals surface area (Å²) in [6.07, 6.45) is 2.31. The van der Waals surface area contributed by atoms with Gasteiger partial charge in [-0.3, -0.25) is 0 Å². The molecule has 1 rings (SSSR count). The highest BCUT2D eigenvalue weighted by molar-refractivity contribution is 5.13. The Bertz CT molecular complexity index is 256. The fraction of sp³-hybridized carbons (Fsp3) is 0.333. The molecule has 1 N–H and O–H groups in total. The Morgan fingerprint density at radius 1 is 1.36 bits per heavy atom. The highest BCUT2D eigenvalue weighted by atomic mass is 16.5. The van der Waals surface area contributed by atoms with E-state index >= 15 is 0 Å². The van der Waals surface area contributed by atoms with Gasteiger partial charge in [-0.1, -0.05) is 36.4 Å². The number of hydrogen-bond acceptors (Lipinski definition) is 2. The van der Waals surface area contributed by atoms with Gasteiger partial charge in [0.25, 0.3) is 0 Å². The molecule has 0 aliphatic carbocycles. The van der Waals surface area contributed by atoms with E-state index < -0.39 is 0 Å². The molecule has 0 aromatic heterocycles. The van der Waals surface area contributed by atoms with Crippen molar-refractivity contribution in [1.29, 1.82) is 0 Å². The largest absolute Gasteiger partial charge is 0.394 e. The van der Waals surface area contributed by atoms with E-state index in [0.29, 0.717) is 13.0 Å². The van der Waals surface area contributed by atoms with Gasteiger partial charge < -0.3 is 9.84 Å². The maximum Gasteiger partial charge on any atom is 0.0844 e. The Morgan fingerprint density at radius 3 is 2.64 bits per heavy atom. The number of aliphatic hydroxyl groups is 1. The molecule has 1 aromatic rings. The molecule has 1 atom stereocenters. The molecule has 0 unspecified atom stereocenters. The number of hydrogen-bond donors (Lipinski definition) is 1. The van der Waals surface area contributed by atoms with Crippen LogP contribution in [0.25, 0.3) is 0 Å². The lowest BCUT2D eigenvalue weighted by Gasteiger charge is -2.13. The van der Waals surface area contributed by atoms with E-state index in [9.17, 15) is 0 Å². The van der Waals surface area contributed by atoms with Crippen LogP contribution in [0.15, 0.2) is 43.0 Å². The van der Waals surface area contributed by atoms with Crippen LogP contribution in [0.3, 0.4) is 0 Å². The first-order valence-corrected chi connectivity index (χ1v) is 4.74. The van der Waals surface area contributed by atoms with Gasteiger partial charge >= 0.3 is 0 Å². The zero-order valence-corrected chi connectivity index (χ0v) is 8.23. The lowest BCUT2D eigenvalue weighted by molar-refractivity contribution is 0.00479. The smallest absolute Gasteiger partial charge is 0.0844 e. The molecule has 0 bridgehead atoms. The molecule has 2 nitrogen and oxygen atoms in total. The van der Waals surface area contributed by atoms with Crippen LogP contribution in [0.1, 0.15) is 12.0 Å². The lowest BCUT2D eigenvalue weighted by Crippen LogP contribution is -2.16. The zero-order valence-electron chi connectivity index (χ0n) is 8.23. The van der Waals surface area contributed by atoms with Crippen LogP contribution in [0, 0.1) is 0 Å². The van der Waals surface area contributed by atoms with Crippen LogP contribution >= 0.6 is 0 Å². The SMILES string of the molecule is C=CC[C@@H](CO)OCc1ccccc1. The van der Waals surface area contributed by atoms with Crippen molar-refractivity contribution in [2.75, 3.05) is 6.61 Å². The van der Waals surface area contributed by atoms with Crippen LogP contribution in [-0.2, 0) is 11.3 Å². The molecule has 0 amide bonds. The summed E-state index contributed by atoms with van der Waals surface area (Å²) in [5, 5.41) is 8.96. The first-order valence-electron chi connectivity index (χ1n) is 4.74. The van der Waals surface area contributed by atoms with Crippen LogP contribution in [0.5, 0.6) is 0 Å². The highest BCUT2D eigenvalue weighted by Crippen LogP contribution is 2.05. The van der Waals surface area contributed by atoms with Gasteiger partial charge in [0.15, 0.2) is 0 Å². The minimum atomic E-state index is -0.132. The first kappa shape index (κ1) is 11.0. The van der Waals surface area contributed by atoms with Gasteiger partial charge in [-0.25, -0.2) is 0 Å². The second kappa shape index (κ2) is 6.35. The average Bonchev–Trinajstić information content (AvgIpc) is 2.25. The monoisotopic (exact) mass is 192 g/mol. The van der Waals surface area contributed by atoms with Crippen molar-refractivity contribution in [3.05, 3.63) is 48.6 Å². The molecule has 76 valence electrons. The topological polar surface area (TPSA) is 29.5 Å². The van der Waals surface area contributed by atoms with Crippen molar-refractivity contribution in [3.8, 4) is 0 Å². The number of rotatable bonds is 6. The Morgan fingerprint density at radius 2 is 2.07 bits per heavy atom. The van der Waals surface area contributed by atoms with Gasteiger partial charge in [0, 0.05) is 0 Å². The van der Waals surface area contributed by atoms with E-state index in [1.54, 1.807) is 6.08 Å². The third kappa shape index (κ3) is 3.73. The maximum absolute atomic E-state index is 8.96. The molecule has 0 saturated heterocycles. The minimum absolute atomic E-state index is 0.0405. The number of benzene rings is 1. The highest BCUT2D eigenvalue weighted by Gasteiger charge is 2.04. The molecule has 14 heavy (non-hydrogen) atoms. The second-order valence-corrected chi connectivity index (χ2v) is 3.13. The fourth-order valence-corrected chi connectivity index (χ4v) is 1.17. The molecule has 2 heteroatoms. The molecule has 0 aliphatic heterocycles. The van der Waals surface area contributed by atoms with E-state index in [2.05, 4.69) is 6.58 Å². The summed E-state index contributed by atoms with van der Waals surface area (Å²) in [6.45, 7) is 4.19. The molecule has 0 spiro atoms. The van der Waals surface area contributed by atoms with Crippen molar-refractivity contribution < 1.29 is 9.84 Å². The van der Waals surface area contributed by atoms with Crippen LogP contribution in [0.4, 0.5) is 0 Å². The summed E-state index contributed by atoms with van der Waals surface area (Å²) in [7, 11) is 0. The second-order valence-electron chi connectivity index (χ2n) is 3.13. The summed E-state index contributed by atoms with van der Waals surface area (Å²) < 4.78 is 5.50. The Hall–Kier alpha value is -1.12. The third-order valence-corrected chi connectivity index (χ3v) is 1.96. The van der Waals surface area contributed by atoms with Gasteiger partial charge in [-0.05, 0) is 12.0 Å². The third-order valence-electron chi connectivity index (χ3n) is 1.96. The van der Waals surface area contributed by atoms with E-state index in [1.807, 2.05) is 30.3 Å². The lowest BCUT2D eigenvalue weighted by atomic mass is 10.2. The van der Waals surface area contributed by atoms with E-state index in [4.69, 9.17) is 9.84 Å². The standard InChI is InChI=1S/C12H16O2/c1-2-6-12(9-13)14-10-11-7-4-3-5-8-11/h2-5,7-8,12-13H,1,6,9-10H2/t12-/m0/s1. The number of aliphatic hydroxyl groups excluding tert-OH is 1. The van der Waals surface area contributed by atoms with Crippen LogP contribution in [0.2, 0.25) is 0 Å². The molecular formula is C12H16O2. The van der Waals surface area contributed by atoms with Crippen molar-refractivity contribution in [1.82, 2.24) is 0 Å². The van der Waals surface area contributed by atoms with Gasteiger partial charge in [-0.15, -0.1) is 6.58 Å². The average molecular weight is 192 g/mol. The Labute approximate surface area is 84.8 Å². The van der Waals surface area contributed by atoms with Gasteiger partial charge in [0.1, 0.15) is 0 Å². The summed E-state index contributed by atoms with van der Waals surface area (Å²) in [6, 6.07) is 9.92. The zero-order chi connectivity index (χ0) is 10.2. The van der Waals surface area contributed by atoms with Crippen molar-refractivity contribution >= 4 is 0 Å². The molecule has 0 heterocycles. The minimum Gasteiger partial charge on any atom is -0.394 e. The Balaban J connectivity index is 2.35. The van der Waals surface area contributed by atoms with E-state index in [-0.39, 0.29) is 12.7 Å². The van der Waals surface area contributed by atoms with Gasteiger partial charge in [-0.2, -0.15) is 0 Å². The van der Waals surface area contributed by atoms with Gasteiger partial charge in [0.05, 0.1) is 19.3 Å². The Kier molecular flexibility index (Phi) is 4.97. The summed E-state index contributed by atoms with van der Waals surface area (Å²) in [5.41, 5.74) is 1.12. The first-order chi connectivity index (χ1) is 6.86. The van der Waals surface area contributed by atoms with Crippen molar-refractivity contribution in [2.24, 2.45) is 0 Å². The van der Waals surface area contributed by atoms with Crippen molar-refractivity contribution in [2.45, 2.75) is 19.1 Å². The molecule has 1 aromatic carbocycles. The summed E-state index contributed by atoms with van der Waals surface area (Å²) >= 11 is 0. The maximum atomic E-state index is 8.96. The predicted octanol–water partition coefficient (Wildman–Crippen LogP) is 2.14. The van der Waals surface area contributed by atoms with Crippen LogP contribution < -0.4 is 0 Å². The molecule has 0 aliphatic rings. The number of ether oxygens (including phenoxy) is 1. The quantitative estimate of drug-likeness (QED) is 0.700. The molecular weight excluding hydrogens is 176 g/mol. The summed E-state index contributed by atoms with van der Waals surface area (Å²) in [5.74, 6) is 0. The fourth-order valence-electron chi connectivity index (χ4n) is 1.17. The molecule has 0 radical (unpaired) electrons. The normalized spacial score (nSPS) is 12.4. The molecule has 0 saturated carbocycles. The van der Waals surface area contributed by atoms with Crippen LogP contribution in [-0.4, -0.2) is 17.8 Å². The van der Waals surface area contributed by atoms with E-state index in [1.165, 1.54) is 0 Å². The predicted molar refractivity (Wildman–Crippen MR) is 56.9 cm³/mol. The molecule has 0 fully saturated rings. The van der Waals surface area contributed by atoms with E-state index in [0.717, 1.165) is 5.56 Å². The van der Waals surface area contributed by atoms with Gasteiger partial charge in [0.2, 0.25) is 0 Å². The summed E-state index contributed by atoms with van der Waals surface area (Å²) in [4.78, 5) is 0. The van der Waals surface area contributed by atoms with Crippen molar-refractivity contribution in [3.63, 3.8) is 0 Å².